The Bertz CT molecular complexity index is 1070. The number of hydrogen-bond acceptors (Lipinski definition) is 6. The molecule has 2 aromatic rings. The highest BCUT2D eigenvalue weighted by atomic mass is 35.5. The number of aliphatic carboxylic acids is 1. The predicted octanol–water partition coefficient (Wildman–Crippen LogP) is 2.90. The SMILES string of the molecule is NC[C@]1(c2cccc(Cl)c2)CC[C@@H](N(CC(=O)O)C(=O)CNc2cccc(C(=O)O)c2)CC1.O=CO. The summed E-state index contributed by atoms with van der Waals surface area (Å²) in [6, 6.07) is 13.5. The number of carboxylic acids is 2. The van der Waals surface area contributed by atoms with E-state index in [0.717, 1.165) is 5.56 Å². The summed E-state index contributed by atoms with van der Waals surface area (Å²) in [5.74, 6) is -2.50. The average molecular weight is 520 g/mol. The number of carboxylic acid groups (broad SMARTS) is 3. The van der Waals surface area contributed by atoms with Crippen molar-refractivity contribution in [1.29, 1.82) is 0 Å². The fourth-order valence-corrected chi connectivity index (χ4v) is 4.69. The van der Waals surface area contributed by atoms with Gasteiger partial charge < -0.3 is 31.3 Å². The Labute approximate surface area is 213 Å². The van der Waals surface area contributed by atoms with Gasteiger partial charge in [0.2, 0.25) is 5.91 Å². The normalized spacial score (nSPS) is 18.8. The Hall–Kier alpha value is -3.63. The third-order valence-electron chi connectivity index (χ3n) is 6.36. The lowest BCUT2D eigenvalue weighted by Crippen LogP contribution is -2.50. The van der Waals surface area contributed by atoms with E-state index in [1.54, 1.807) is 12.1 Å². The van der Waals surface area contributed by atoms with E-state index in [2.05, 4.69) is 5.32 Å². The number of nitrogens with two attached hydrogens (primary N) is 1. The molecule has 11 heteroatoms. The first-order chi connectivity index (χ1) is 17.2. The Morgan fingerprint density at radius 2 is 1.75 bits per heavy atom. The van der Waals surface area contributed by atoms with E-state index in [9.17, 15) is 19.5 Å². The molecule has 0 aromatic heterocycles. The van der Waals surface area contributed by atoms with E-state index < -0.39 is 18.5 Å². The van der Waals surface area contributed by atoms with Crippen LogP contribution in [0.1, 0.15) is 41.6 Å². The molecule has 1 aliphatic carbocycles. The van der Waals surface area contributed by atoms with Crippen LogP contribution in [-0.4, -0.2) is 70.2 Å². The van der Waals surface area contributed by atoms with Gasteiger partial charge in [0.1, 0.15) is 6.54 Å². The van der Waals surface area contributed by atoms with Gasteiger partial charge in [0.15, 0.2) is 0 Å². The summed E-state index contributed by atoms with van der Waals surface area (Å²) in [6.45, 7) is -0.343. The fraction of sp³-hybridized carbons (Fsp3) is 0.360. The molecular weight excluding hydrogens is 490 g/mol. The van der Waals surface area contributed by atoms with Crippen molar-refractivity contribution in [3.8, 4) is 0 Å². The number of hydrogen-bond donors (Lipinski definition) is 5. The van der Waals surface area contributed by atoms with E-state index in [-0.39, 0.29) is 35.9 Å². The van der Waals surface area contributed by atoms with Crippen LogP contribution in [0.4, 0.5) is 5.69 Å². The summed E-state index contributed by atoms with van der Waals surface area (Å²) in [7, 11) is 0. The number of benzene rings is 2. The summed E-state index contributed by atoms with van der Waals surface area (Å²) >= 11 is 6.17. The van der Waals surface area contributed by atoms with Gasteiger partial charge in [0.25, 0.3) is 6.47 Å². The van der Waals surface area contributed by atoms with Crippen molar-refractivity contribution in [3.05, 3.63) is 64.7 Å². The average Bonchev–Trinajstić information content (AvgIpc) is 2.86. The predicted molar refractivity (Wildman–Crippen MR) is 134 cm³/mol. The number of carbonyl (C=O) groups excluding carboxylic acids is 1. The number of nitrogens with zero attached hydrogens (tertiary/aromatic N) is 1. The number of anilines is 1. The molecule has 0 aliphatic heterocycles. The van der Waals surface area contributed by atoms with Crippen LogP contribution in [0.5, 0.6) is 0 Å². The molecule has 1 saturated carbocycles. The van der Waals surface area contributed by atoms with Gasteiger partial charge in [-0.05, 0) is 61.6 Å². The number of halogens is 1. The maximum Gasteiger partial charge on any atom is 0.335 e. The van der Waals surface area contributed by atoms with Crippen molar-refractivity contribution >= 4 is 41.6 Å². The second-order valence-corrected chi connectivity index (χ2v) is 8.92. The van der Waals surface area contributed by atoms with Crippen LogP contribution in [0.3, 0.4) is 0 Å². The number of amides is 1. The number of rotatable bonds is 9. The van der Waals surface area contributed by atoms with Gasteiger partial charge in [-0.2, -0.15) is 0 Å². The minimum atomic E-state index is -1.08. The van der Waals surface area contributed by atoms with Gasteiger partial charge in [0.05, 0.1) is 12.1 Å². The summed E-state index contributed by atoms with van der Waals surface area (Å²) in [6.07, 6.45) is 2.67. The first kappa shape index (κ1) is 28.6. The van der Waals surface area contributed by atoms with Gasteiger partial charge in [-0.25, -0.2) is 4.79 Å². The molecule has 0 radical (unpaired) electrons. The van der Waals surface area contributed by atoms with Crippen molar-refractivity contribution in [2.75, 3.05) is 25.0 Å². The van der Waals surface area contributed by atoms with E-state index >= 15 is 0 Å². The summed E-state index contributed by atoms with van der Waals surface area (Å²) in [5, 5.41) is 28.9. The lowest BCUT2D eigenvalue weighted by molar-refractivity contribution is -0.146. The van der Waals surface area contributed by atoms with Crippen molar-refractivity contribution < 1.29 is 34.5 Å². The largest absolute Gasteiger partial charge is 0.483 e. The first-order valence-electron chi connectivity index (χ1n) is 11.3. The molecule has 0 heterocycles. The molecule has 0 spiro atoms. The van der Waals surface area contributed by atoms with Crippen molar-refractivity contribution in [1.82, 2.24) is 4.90 Å². The maximum atomic E-state index is 13.0. The highest BCUT2D eigenvalue weighted by Gasteiger charge is 2.39. The molecular formula is C25H30ClN3O7. The molecule has 1 amide bonds. The second kappa shape index (κ2) is 13.5. The Kier molecular flexibility index (Phi) is 10.7. The molecule has 1 fully saturated rings. The topological polar surface area (TPSA) is 170 Å². The fourth-order valence-electron chi connectivity index (χ4n) is 4.50. The minimum absolute atomic E-state index is 0.0984. The highest BCUT2D eigenvalue weighted by Crippen LogP contribution is 2.40. The molecule has 2 aromatic carbocycles. The Balaban J connectivity index is 0.00000145. The molecule has 3 rings (SSSR count). The molecule has 0 bridgehead atoms. The molecule has 6 N–H and O–H groups in total. The molecule has 0 atom stereocenters. The zero-order chi connectivity index (χ0) is 26.7. The number of aromatic carboxylic acids is 1. The molecule has 36 heavy (non-hydrogen) atoms. The van der Waals surface area contributed by atoms with Crippen LogP contribution in [0.15, 0.2) is 48.5 Å². The van der Waals surface area contributed by atoms with Crippen molar-refractivity contribution in [3.63, 3.8) is 0 Å². The summed E-state index contributed by atoms with van der Waals surface area (Å²) < 4.78 is 0. The standard InChI is InChI=1S/C24H28ClN3O5.CH2O2/c25-18-5-2-4-17(12-18)24(15-26)9-7-20(8-10-24)28(14-22(30)31)21(29)13-27-19-6-1-3-16(11-19)23(32)33;2-1-3/h1-6,11-12,20,27H,7-10,13-15,26H2,(H,30,31)(H,32,33);1H,(H,2,3)/t20-,24+;. The van der Waals surface area contributed by atoms with Gasteiger partial charge in [-0.15, -0.1) is 0 Å². The quantitative estimate of drug-likeness (QED) is 0.312. The molecule has 10 nitrogen and oxygen atoms in total. The van der Waals surface area contributed by atoms with Crippen LogP contribution in [0, 0.1) is 0 Å². The second-order valence-electron chi connectivity index (χ2n) is 8.49. The summed E-state index contributed by atoms with van der Waals surface area (Å²) in [5.41, 5.74) is 7.54. The van der Waals surface area contributed by atoms with Crippen LogP contribution in [-0.2, 0) is 19.8 Å². The van der Waals surface area contributed by atoms with E-state index in [0.29, 0.717) is 42.9 Å². The smallest absolute Gasteiger partial charge is 0.335 e. The van der Waals surface area contributed by atoms with E-state index in [4.69, 9.17) is 32.3 Å². The van der Waals surface area contributed by atoms with Crippen molar-refractivity contribution in [2.24, 2.45) is 5.73 Å². The third-order valence-corrected chi connectivity index (χ3v) is 6.60. The molecule has 0 unspecified atom stereocenters. The van der Waals surface area contributed by atoms with Crippen LogP contribution >= 0.6 is 11.6 Å². The molecule has 194 valence electrons. The van der Waals surface area contributed by atoms with Gasteiger partial charge in [0, 0.05) is 28.7 Å². The van der Waals surface area contributed by atoms with Crippen LogP contribution in [0.25, 0.3) is 0 Å². The van der Waals surface area contributed by atoms with Gasteiger partial charge in [-0.3, -0.25) is 14.4 Å². The van der Waals surface area contributed by atoms with E-state index in [1.165, 1.54) is 17.0 Å². The van der Waals surface area contributed by atoms with Crippen LogP contribution < -0.4 is 11.1 Å². The van der Waals surface area contributed by atoms with Gasteiger partial charge >= 0.3 is 11.9 Å². The lowest BCUT2D eigenvalue weighted by Gasteiger charge is -2.43. The minimum Gasteiger partial charge on any atom is -0.483 e. The van der Waals surface area contributed by atoms with Crippen LogP contribution in [0.2, 0.25) is 5.02 Å². The first-order valence-corrected chi connectivity index (χ1v) is 11.7. The maximum absolute atomic E-state index is 13.0. The molecule has 0 saturated heterocycles. The third kappa shape index (κ3) is 7.69. The zero-order valence-electron chi connectivity index (χ0n) is 19.6. The zero-order valence-corrected chi connectivity index (χ0v) is 20.4. The molecule has 1 aliphatic rings. The van der Waals surface area contributed by atoms with Gasteiger partial charge in [-0.1, -0.05) is 29.8 Å². The van der Waals surface area contributed by atoms with E-state index in [1.807, 2.05) is 24.3 Å². The monoisotopic (exact) mass is 519 g/mol. The number of carbonyl (C=O) groups is 4. The Morgan fingerprint density at radius 1 is 1.11 bits per heavy atom. The highest BCUT2D eigenvalue weighted by molar-refractivity contribution is 6.30. The lowest BCUT2D eigenvalue weighted by atomic mass is 9.68. The van der Waals surface area contributed by atoms with Crippen molar-refractivity contribution in [2.45, 2.75) is 37.1 Å². The Morgan fingerprint density at radius 3 is 2.31 bits per heavy atom. The summed E-state index contributed by atoms with van der Waals surface area (Å²) in [4.78, 5) is 45.3. The number of nitrogens with one attached hydrogen (secondary N) is 1.